The number of aryl methyl sites for hydroxylation is 1. The highest BCUT2D eigenvalue weighted by Crippen LogP contribution is 2.17. The molecule has 1 N–H and O–H groups in total. The quantitative estimate of drug-likeness (QED) is 0.877. The van der Waals surface area contributed by atoms with E-state index in [0.29, 0.717) is 0 Å². The van der Waals surface area contributed by atoms with Gasteiger partial charge in [-0.2, -0.15) is 0 Å². The minimum atomic E-state index is 0.202. The fourth-order valence-corrected chi connectivity index (χ4v) is 1.72. The van der Waals surface area contributed by atoms with Gasteiger partial charge in [0.2, 0.25) is 0 Å². The lowest BCUT2D eigenvalue weighted by molar-refractivity contribution is 0.419. The van der Waals surface area contributed by atoms with Gasteiger partial charge in [0.1, 0.15) is 5.76 Å². The van der Waals surface area contributed by atoms with Crippen molar-refractivity contribution in [3.05, 3.63) is 53.2 Å². The van der Waals surface area contributed by atoms with Gasteiger partial charge in [-0.3, -0.25) is 0 Å². The smallest absolute Gasteiger partial charge is 0.198 e. The minimum Gasteiger partial charge on any atom is -0.444 e. The zero-order valence-electron chi connectivity index (χ0n) is 10.5. The lowest BCUT2D eigenvalue weighted by atomic mass is 10.1. The SMILES string of the molecule is CNC(C)c1cnc(Cc2ccccc2C)o1. The predicted octanol–water partition coefficient (Wildman–Crippen LogP) is 2.85. The average molecular weight is 230 g/mol. The molecule has 90 valence electrons. The van der Waals surface area contributed by atoms with Gasteiger partial charge in [-0.1, -0.05) is 24.3 Å². The van der Waals surface area contributed by atoms with Crippen molar-refractivity contribution in [1.29, 1.82) is 0 Å². The Hall–Kier alpha value is -1.61. The van der Waals surface area contributed by atoms with Crippen molar-refractivity contribution in [3.8, 4) is 0 Å². The van der Waals surface area contributed by atoms with Crippen LogP contribution in [-0.4, -0.2) is 12.0 Å². The van der Waals surface area contributed by atoms with Crippen LogP contribution < -0.4 is 5.32 Å². The Morgan fingerprint density at radius 2 is 2.12 bits per heavy atom. The molecule has 0 amide bonds. The number of hydrogen-bond acceptors (Lipinski definition) is 3. The Morgan fingerprint density at radius 3 is 2.82 bits per heavy atom. The van der Waals surface area contributed by atoms with Gasteiger partial charge in [-0.15, -0.1) is 0 Å². The zero-order chi connectivity index (χ0) is 12.3. The summed E-state index contributed by atoms with van der Waals surface area (Å²) in [6, 6.07) is 8.51. The first kappa shape index (κ1) is 11.9. The first-order valence-corrected chi connectivity index (χ1v) is 5.87. The number of hydrogen-bond donors (Lipinski definition) is 1. The summed E-state index contributed by atoms with van der Waals surface area (Å²) in [6.07, 6.45) is 2.55. The molecule has 0 aliphatic heterocycles. The normalized spacial score (nSPS) is 12.6. The van der Waals surface area contributed by atoms with Crippen molar-refractivity contribution in [2.75, 3.05) is 7.05 Å². The van der Waals surface area contributed by atoms with E-state index >= 15 is 0 Å². The molecule has 0 fully saturated rings. The van der Waals surface area contributed by atoms with Gasteiger partial charge in [-0.05, 0) is 32.0 Å². The van der Waals surface area contributed by atoms with Crippen molar-refractivity contribution in [1.82, 2.24) is 10.3 Å². The van der Waals surface area contributed by atoms with Gasteiger partial charge in [-0.25, -0.2) is 4.98 Å². The maximum atomic E-state index is 5.72. The van der Waals surface area contributed by atoms with Crippen LogP contribution >= 0.6 is 0 Å². The van der Waals surface area contributed by atoms with E-state index in [4.69, 9.17) is 4.42 Å². The van der Waals surface area contributed by atoms with Gasteiger partial charge in [0.15, 0.2) is 5.89 Å². The monoisotopic (exact) mass is 230 g/mol. The predicted molar refractivity (Wildman–Crippen MR) is 68.0 cm³/mol. The van der Waals surface area contributed by atoms with E-state index in [9.17, 15) is 0 Å². The van der Waals surface area contributed by atoms with Gasteiger partial charge in [0.25, 0.3) is 0 Å². The summed E-state index contributed by atoms with van der Waals surface area (Å²) in [4.78, 5) is 4.31. The third-order valence-electron chi connectivity index (χ3n) is 3.03. The molecule has 0 aliphatic carbocycles. The summed E-state index contributed by atoms with van der Waals surface area (Å²) < 4.78 is 5.72. The topological polar surface area (TPSA) is 38.1 Å². The third kappa shape index (κ3) is 2.74. The molecule has 1 aromatic carbocycles. The maximum Gasteiger partial charge on any atom is 0.198 e. The van der Waals surface area contributed by atoms with E-state index in [0.717, 1.165) is 18.1 Å². The largest absolute Gasteiger partial charge is 0.444 e. The average Bonchev–Trinajstić information content (AvgIpc) is 2.80. The second-order valence-corrected chi connectivity index (χ2v) is 4.27. The van der Waals surface area contributed by atoms with E-state index in [1.807, 2.05) is 19.2 Å². The van der Waals surface area contributed by atoms with E-state index in [2.05, 4.69) is 36.3 Å². The molecule has 2 aromatic rings. The Bertz CT molecular complexity index is 490. The Labute approximate surface area is 102 Å². The van der Waals surface area contributed by atoms with Crippen LogP contribution in [0.4, 0.5) is 0 Å². The van der Waals surface area contributed by atoms with Gasteiger partial charge in [0, 0.05) is 6.42 Å². The van der Waals surface area contributed by atoms with Crippen LogP contribution in [0.3, 0.4) is 0 Å². The first-order valence-electron chi connectivity index (χ1n) is 5.87. The fourth-order valence-electron chi connectivity index (χ4n) is 1.72. The number of oxazole rings is 1. The molecule has 3 nitrogen and oxygen atoms in total. The molecule has 0 spiro atoms. The van der Waals surface area contributed by atoms with Gasteiger partial charge < -0.3 is 9.73 Å². The molecule has 0 radical (unpaired) electrons. The zero-order valence-corrected chi connectivity index (χ0v) is 10.5. The molecule has 1 aromatic heterocycles. The van der Waals surface area contributed by atoms with E-state index in [-0.39, 0.29) is 6.04 Å². The highest BCUT2D eigenvalue weighted by atomic mass is 16.4. The van der Waals surface area contributed by atoms with Crippen molar-refractivity contribution in [2.24, 2.45) is 0 Å². The maximum absolute atomic E-state index is 5.72. The highest BCUT2D eigenvalue weighted by Gasteiger charge is 2.10. The lowest BCUT2D eigenvalue weighted by Gasteiger charge is -2.05. The Kier molecular flexibility index (Phi) is 3.59. The number of rotatable bonds is 4. The highest BCUT2D eigenvalue weighted by molar-refractivity contribution is 5.27. The number of nitrogens with one attached hydrogen (secondary N) is 1. The van der Waals surface area contributed by atoms with E-state index in [1.165, 1.54) is 11.1 Å². The Morgan fingerprint density at radius 1 is 1.35 bits per heavy atom. The molecular weight excluding hydrogens is 212 g/mol. The molecule has 1 unspecified atom stereocenters. The van der Waals surface area contributed by atoms with Crippen molar-refractivity contribution in [3.63, 3.8) is 0 Å². The fraction of sp³-hybridized carbons (Fsp3) is 0.357. The van der Waals surface area contributed by atoms with Crippen LogP contribution in [-0.2, 0) is 6.42 Å². The standard InChI is InChI=1S/C14H18N2O/c1-10-6-4-5-7-12(10)8-14-16-9-13(17-14)11(2)15-3/h4-7,9,11,15H,8H2,1-3H3. The molecule has 2 rings (SSSR count). The van der Waals surface area contributed by atoms with Crippen LogP contribution in [0.25, 0.3) is 0 Å². The van der Waals surface area contributed by atoms with Crippen LogP contribution in [0.1, 0.15) is 35.7 Å². The molecule has 0 saturated carbocycles. The molecule has 0 aliphatic rings. The van der Waals surface area contributed by atoms with Gasteiger partial charge >= 0.3 is 0 Å². The molecule has 1 atom stereocenters. The van der Waals surface area contributed by atoms with Crippen molar-refractivity contribution < 1.29 is 4.42 Å². The van der Waals surface area contributed by atoms with Gasteiger partial charge in [0.05, 0.1) is 12.2 Å². The lowest BCUT2D eigenvalue weighted by Crippen LogP contribution is -2.11. The molecule has 0 saturated heterocycles. The molecule has 1 heterocycles. The Balaban J connectivity index is 2.14. The van der Waals surface area contributed by atoms with Crippen LogP contribution in [0, 0.1) is 6.92 Å². The molecule has 3 heteroatoms. The second-order valence-electron chi connectivity index (χ2n) is 4.27. The number of aromatic nitrogens is 1. The van der Waals surface area contributed by atoms with Crippen molar-refractivity contribution >= 4 is 0 Å². The van der Waals surface area contributed by atoms with E-state index in [1.54, 1.807) is 6.20 Å². The summed E-state index contributed by atoms with van der Waals surface area (Å²) in [5.74, 6) is 1.66. The first-order chi connectivity index (χ1) is 8.20. The third-order valence-corrected chi connectivity index (χ3v) is 3.03. The summed E-state index contributed by atoms with van der Waals surface area (Å²) >= 11 is 0. The molecular formula is C14H18N2O. The second kappa shape index (κ2) is 5.15. The minimum absolute atomic E-state index is 0.202. The number of nitrogens with zero attached hydrogens (tertiary/aromatic N) is 1. The van der Waals surface area contributed by atoms with Crippen molar-refractivity contribution in [2.45, 2.75) is 26.3 Å². The molecule has 17 heavy (non-hydrogen) atoms. The number of benzene rings is 1. The summed E-state index contributed by atoms with van der Waals surface area (Å²) in [5.41, 5.74) is 2.53. The summed E-state index contributed by atoms with van der Waals surface area (Å²) in [6.45, 7) is 4.16. The van der Waals surface area contributed by atoms with Crippen LogP contribution in [0.15, 0.2) is 34.9 Å². The van der Waals surface area contributed by atoms with Crippen LogP contribution in [0.5, 0.6) is 0 Å². The molecule has 0 bridgehead atoms. The van der Waals surface area contributed by atoms with E-state index < -0.39 is 0 Å². The van der Waals surface area contributed by atoms with Crippen LogP contribution in [0.2, 0.25) is 0 Å². The summed E-state index contributed by atoms with van der Waals surface area (Å²) in [5, 5.41) is 3.14. The summed E-state index contributed by atoms with van der Waals surface area (Å²) in [7, 11) is 1.91.